The van der Waals surface area contributed by atoms with Gasteiger partial charge in [-0.3, -0.25) is 9.78 Å². The molecule has 0 unspecified atom stereocenters. The minimum absolute atomic E-state index is 0.0288. The van der Waals surface area contributed by atoms with Gasteiger partial charge in [-0.15, -0.1) is 0 Å². The van der Waals surface area contributed by atoms with Gasteiger partial charge in [-0.05, 0) is 71.8 Å². The molecule has 1 N–H and O–H groups in total. The van der Waals surface area contributed by atoms with E-state index in [2.05, 4.69) is 46.7 Å². The molecule has 0 radical (unpaired) electrons. The third kappa shape index (κ3) is 7.10. The van der Waals surface area contributed by atoms with Gasteiger partial charge in [-0.25, -0.2) is 18.3 Å². The molecule has 0 bridgehead atoms. The molecule has 8 nitrogen and oxygen atoms in total. The minimum atomic E-state index is -2.77. The second-order valence-electron chi connectivity index (χ2n) is 14.6. The Morgan fingerprint density at radius 2 is 1.43 bits per heavy atom. The fourth-order valence-electron chi connectivity index (χ4n) is 8.34. The molecule has 7 aromatic rings. The highest BCUT2D eigenvalue weighted by Gasteiger charge is 2.46. The molecule has 1 aliphatic heterocycles. The van der Waals surface area contributed by atoms with Crippen LogP contribution in [-0.4, -0.2) is 39.9 Å². The summed E-state index contributed by atoms with van der Waals surface area (Å²) in [6.07, 6.45) is -0.271. The van der Waals surface area contributed by atoms with Crippen LogP contribution < -0.4 is 10.2 Å². The molecular formula is C48H43F2N5O3. The molecule has 10 heteroatoms. The van der Waals surface area contributed by atoms with Crippen molar-refractivity contribution in [3.63, 3.8) is 0 Å². The van der Waals surface area contributed by atoms with Crippen LogP contribution in [0.5, 0.6) is 0 Å². The molecule has 1 fully saturated rings. The topological polar surface area (TPSA) is 89.3 Å². The van der Waals surface area contributed by atoms with Crippen LogP contribution >= 0.6 is 0 Å². The number of hydrogen-bond donors (Lipinski definition) is 1. The number of nitrogens with one attached hydrogen (secondary N) is 1. The standard InChI is InChI=1S/C48H43F2N5O3/c1-2-47(26-29-52-46(57)58-33-34-15-7-3-8-16-34)27-30-54(45(47)56)39-23-24-42-40(32-39)43(35-25-28-51-41(31-35)44(49)50)53-55(42)48(36-17-9-4-10-18-36,37-19-11-5-12-20-37)38-21-13-6-14-22-38/h3-25,28,31-32,44H,2,26-27,29-30,33H2,1H3,(H,52,57)/t47-/m0/s1. The molecule has 8 rings (SSSR count). The fourth-order valence-corrected chi connectivity index (χ4v) is 8.34. The molecule has 1 aliphatic rings. The van der Waals surface area contributed by atoms with E-state index in [0.717, 1.165) is 27.8 Å². The number of alkyl carbamates (subject to hydrolysis) is 1. The lowest BCUT2D eigenvalue weighted by Gasteiger charge is -2.37. The van der Waals surface area contributed by atoms with Gasteiger partial charge in [0.15, 0.2) is 0 Å². The Labute approximate surface area is 336 Å². The van der Waals surface area contributed by atoms with E-state index in [1.807, 2.05) is 115 Å². The zero-order valence-electron chi connectivity index (χ0n) is 32.1. The van der Waals surface area contributed by atoms with Gasteiger partial charge in [0.2, 0.25) is 5.91 Å². The van der Waals surface area contributed by atoms with Crippen molar-refractivity contribution in [2.75, 3.05) is 18.0 Å². The maximum atomic E-state index is 14.4. The molecule has 2 aromatic heterocycles. The second kappa shape index (κ2) is 16.4. The van der Waals surface area contributed by atoms with Gasteiger partial charge in [0.1, 0.15) is 23.5 Å². The van der Waals surface area contributed by atoms with Crippen LogP contribution in [0.25, 0.3) is 22.2 Å². The highest BCUT2D eigenvalue weighted by molar-refractivity contribution is 6.03. The van der Waals surface area contributed by atoms with Crippen LogP contribution in [0.15, 0.2) is 158 Å². The average Bonchev–Trinajstić information content (AvgIpc) is 3.82. The third-order valence-corrected chi connectivity index (χ3v) is 11.4. The van der Waals surface area contributed by atoms with E-state index >= 15 is 0 Å². The van der Waals surface area contributed by atoms with E-state index in [1.165, 1.54) is 12.3 Å². The number of carbonyl (C=O) groups is 2. The Morgan fingerprint density at radius 3 is 2.02 bits per heavy atom. The Bertz CT molecular complexity index is 2420. The van der Waals surface area contributed by atoms with E-state index in [1.54, 1.807) is 11.0 Å². The number of alkyl halides is 2. The first-order chi connectivity index (χ1) is 28.3. The SMILES string of the molecule is CC[C@]1(CCNC(=O)OCc2ccccc2)CCN(c2ccc3c(c2)c(-c2ccnc(C(F)F)c2)nn3C(c2ccccc2)(c2ccccc2)c2ccccc2)C1=O. The smallest absolute Gasteiger partial charge is 0.407 e. The molecular weight excluding hydrogens is 733 g/mol. The van der Waals surface area contributed by atoms with Gasteiger partial charge in [-0.2, -0.15) is 5.10 Å². The van der Waals surface area contributed by atoms with Crippen LogP contribution in [0.1, 0.15) is 60.6 Å². The molecule has 1 saturated heterocycles. The van der Waals surface area contributed by atoms with Crippen molar-refractivity contribution < 1.29 is 23.1 Å². The van der Waals surface area contributed by atoms with Gasteiger partial charge in [-0.1, -0.05) is 128 Å². The van der Waals surface area contributed by atoms with Gasteiger partial charge in [0.05, 0.1) is 10.9 Å². The predicted octanol–water partition coefficient (Wildman–Crippen LogP) is 10.3. The number of pyridine rings is 1. The van der Waals surface area contributed by atoms with Crippen LogP contribution in [0.4, 0.5) is 19.3 Å². The molecule has 292 valence electrons. The van der Waals surface area contributed by atoms with E-state index in [4.69, 9.17) is 9.84 Å². The van der Waals surface area contributed by atoms with Crippen LogP contribution in [0, 0.1) is 5.41 Å². The molecule has 58 heavy (non-hydrogen) atoms. The van der Waals surface area contributed by atoms with Gasteiger partial charge >= 0.3 is 6.09 Å². The van der Waals surface area contributed by atoms with Crippen molar-refractivity contribution in [1.29, 1.82) is 0 Å². The zero-order valence-corrected chi connectivity index (χ0v) is 32.1. The number of fused-ring (bicyclic) bond motifs is 1. The maximum Gasteiger partial charge on any atom is 0.407 e. The highest BCUT2D eigenvalue weighted by Crippen LogP contribution is 2.46. The summed E-state index contributed by atoms with van der Waals surface area (Å²) < 4.78 is 35.7. The number of carbonyl (C=O) groups excluding carboxylic acids is 2. The highest BCUT2D eigenvalue weighted by atomic mass is 19.3. The summed E-state index contributed by atoms with van der Waals surface area (Å²) in [6.45, 7) is 2.92. The number of nitrogens with zero attached hydrogens (tertiary/aromatic N) is 4. The second-order valence-corrected chi connectivity index (χ2v) is 14.6. The first-order valence-corrected chi connectivity index (χ1v) is 19.5. The number of halogens is 2. The lowest BCUT2D eigenvalue weighted by atomic mass is 9.77. The molecule has 3 heterocycles. The number of amides is 2. The van der Waals surface area contributed by atoms with Crippen molar-refractivity contribution in [1.82, 2.24) is 20.1 Å². The molecule has 2 amide bonds. The molecule has 0 saturated carbocycles. The number of aromatic nitrogens is 3. The van der Waals surface area contributed by atoms with Gasteiger partial charge in [0, 0.05) is 35.9 Å². The monoisotopic (exact) mass is 775 g/mol. The summed E-state index contributed by atoms with van der Waals surface area (Å²) in [7, 11) is 0. The number of benzene rings is 5. The quantitative estimate of drug-likeness (QED) is 0.118. The van der Waals surface area contributed by atoms with Crippen LogP contribution in [-0.2, 0) is 21.7 Å². The van der Waals surface area contributed by atoms with Gasteiger partial charge < -0.3 is 15.0 Å². The summed E-state index contributed by atoms with van der Waals surface area (Å²) in [5.41, 5.74) is 4.12. The lowest BCUT2D eigenvalue weighted by molar-refractivity contribution is -0.126. The summed E-state index contributed by atoms with van der Waals surface area (Å²) in [5.74, 6) is -0.0288. The third-order valence-electron chi connectivity index (χ3n) is 11.4. The number of anilines is 1. The summed E-state index contributed by atoms with van der Waals surface area (Å²) >= 11 is 0. The number of hydrogen-bond acceptors (Lipinski definition) is 5. The van der Waals surface area contributed by atoms with E-state index in [9.17, 15) is 18.4 Å². The van der Waals surface area contributed by atoms with Crippen molar-refractivity contribution in [2.24, 2.45) is 5.41 Å². The van der Waals surface area contributed by atoms with E-state index in [-0.39, 0.29) is 24.8 Å². The predicted molar refractivity (Wildman–Crippen MR) is 221 cm³/mol. The lowest BCUT2D eigenvalue weighted by Crippen LogP contribution is -2.38. The van der Waals surface area contributed by atoms with Crippen LogP contribution in [0.3, 0.4) is 0 Å². The first kappa shape index (κ1) is 38.2. The number of ether oxygens (including phenoxy) is 1. The van der Waals surface area contributed by atoms with Crippen LogP contribution in [0.2, 0.25) is 0 Å². The van der Waals surface area contributed by atoms with Crippen molar-refractivity contribution in [2.45, 2.75) is 44.8 Å². The maximum absolute atomic E-state index is 14.4. The first-order valence-electron chi connectivity index (χ1n) is 19.5. The van der Waals surface area contributed by atoms with Crippen molar-refractivity contribution in [3.05, 3.63) is 186 Å². The largest absolute Gasteiger partial charge is 0.445 e. The Hall–Kier alpha value is -6.68. The average molecular weight is 776 g/mol. The summed E-state index contributed by atoms with van der Waals surface area (Å²) in [4.78, 5) is 32.7. The normalized spacial score (nSPS) is 15.6. The number of rotatable bonds is 13. The Morgan fingerprint density at radius 1 is 0.828 bits per heavy atom. The zero-order chi connectivity index (χ0) is 40.1. The Balaban J connectivity index is 1.21. The Kier molecular flexibility index (Phi) is 10.8. The summed E-state index contributed by atoms with van der Waals surface area (Å²) in [5, 5.41) is 8.90. The van der Waals surface area contributed by atoms with Gasteiger partial charge in [0.25, 0.3) is 6.43 Å². The molecule has 5 aromatic carbocycles. The minimum Gasteiger partial charge on any atom is -0.445 e. The van der Waals surface area contributed by atoms with E-state index < -0.39 is 23.5 Å². The van der Waals surface area contributed by atoms with E-state index in [0.29, 0.717) is 48.1 Å². The molecule has 1 atom stereocenters. The molecule has 0 spiro atoms. The summed E-state index contributed by atoms with van der Waals surface area (Å²) in [6, 6.07) is 48.8. The molecule has 0 aliphatic carbocycles. The fraction of sp³-hybridized carbons (Fsp3) is 0.208. The van der Waals surface area contributed by atoms with Crippen molar-refractivity contribution in [3.8, 4) is 11.3 Å². The van der Waals surface area contributed by atoms with Crippen molar-refractivity contribution >= 4 is 28.6 Å².